The molecule has 5 nitrogen and oxygen atoms in total. The van der Waals surface area contributed by atoms with E-state index < -0.39 is 0 Å². The highest BCUT2D eigenvalue weighted by molar-refractivity contribution is 6.31. The molecule has 6 heteroatoms. The Kier molecular flexibility index (Phi) is 4.60. The first-order valence-electron chi connectivity index (χ1n) is 9.83. The van der Waals surface area contributed by atoms with E-state index in [-0.39, 0.29) is 0 Å². The standard InChI is InChI=1S/C23H20ClN5/c1-14-17-9-5-6-10-19(17)26-22(25-14)29-23-27-20-12-11-16(24)13-18(20)21(28-23)15-7-3-2-4-8-15/h2-4,7-8,11-13H,5-6,9-10H2,1H3,(H,25,26,27,28,29). The Hall–Kier alpha value is -3.05. The zero-order valence-electron chi connectivity index (χ0n) is 16.1. The van der Waals surface area contributed by atoms with Crippen LogP contribution >= 0.6 is 11.6 Å². The van der Waals surface area contributed by atoms with Crippen molar-refractivity contribution in [3.05, 3.63) is 70.5 Å². The second-order valence-electron chi connectivity index (χ2n) is 7.31. The molecule has 0 amide bonds. The summed E-state index contributed by atoms with van der Waals surface area (Å²) in [7, 11) is 0. The average Bonchev–Trinajstić information content (AvgIpc) is 2.74. The Morgan fingerprint density at radius 2 is 1.66 bits per heavy atom. The first kappa shape index (κ1) is 18.0. The van der Waals surface area contributed by atoms with Crippen molar-refractivity contribution in [2.45, 2.75) is 32.6 Å². The molecule has 4 aromatic rings. The van der Waals surface area contributed by atoms with Gasteiger partial charge in [-0.15, -0.1) is 0 Å². The van der Waals surface area contributed by atoms with Gasteiger partial charge in [0, 0.05) is 27.4 Å². The SMILES string of the molecule is Cc1nc(Nc2nc(-c3ccccc3)c3cc(Cl)ccc3n2)nc2c1CCCC2. The molecule has 0 radical (unpaired) electrons. The van der Waals surface area contributed by atoms with Crippen LogP contribution in [0.25, 0.3) is 22.2 Å². The Balaban J connectivity index is 1.61. The Labute approximate surface area is 174 Å². The van der Waals surface area contributed by atoms with Crippen molar-refractivity contribution >= 4 is 34.4 Å². The zero-order valence-corrected chi connectivity index (χ0v) is 16.9. The monoisotopic (exact) mass is 401 g/mol. The van der Waals surface area contributed by atoms with Gasteiger partial charge < -0.3 is 0 Å². The summed E-state index contributed by atoms with van der Waals surface area (Å²) < 4.78 is 0. The summed E-state index contributed by atoms with van der Waals surface area (Å²) in [4.78, 5) is 18.9. The number of aryl methyl sites for hydroxylation is 2. The predicted molar refractivity (Wildman–Crippen MR) is 117 cm³/mol. The fourth-order valence-electron chi connectivity index (χ4n) is 3.91. The van der Waals surface area contributed by atoms with Gasteiger partial charge in [0.15, 0.2) is 0 Å². The van der Waals surface area contributed by atoms with E-state index in [1.54, 1.807) is 0 Å². The minimum absolute atomic E-state index is 0.480. The number of anilines is 2. The number of hydrogen-bond donors (Lipinski definition) is 1. The topological polar surface area (TPSA) is 63.6 Å². The molecule has 0 aliphatic heterocycles. The van der Waals surface area contributed by atoms with Gasteiger partial charge in [0.2, 0.25) is 11.9 Å². The molecular weight excluding hydrogens is 382 g/mol. The van der Waals surface area contributed by atoms with Crippen molar-refractivity contribution in [2.75, 3.05) is 5.32 Å². The quantitative estimate of drug-likeness (QED) is 0.479. The van der Waals surface area contributed by atoms with Crippen molar-refractivity contribution in [2.24, 2.45) is 0 Å². The molecule has 0 spiro atoms. The molecule has 1 N–H and O–H groups in total. The predicted octanol–water partition coefficient (Wildman–Crippen LogP) is 5.67. The van der Waals surface area contributed by atoms with Gasteiger partial charge >= 0.3 is 0 Å². The lowest BCUT2D eigenvalue weighted by atomic mass is 9.95. The van der Waals surface area contributed by atoms with Crippen molar-refractivity contribution in [1.82, 2.24) is 19.9 Å². The number of hydrogen-bond acceptors (Lipinski definition) is 5. The van der Waals surface area contributed by atoms with Gasteiger partial charge in [-0.05, 0) is 56.4 Å². The van der Waals surface area contributed by atoms with Crippen LogP contribution in [-0.2, 0) is 12.8 Å². The lowest BCUT2D eigenvalue weighted by Gasteiger charge is -2.17. The van der Waals surface area contributed by atoms with Crippen LogP contribution in [0.2, 0.25) is 5.02 Å². The van der Waals surface area contributed by atoms with Gasteiger partial charge in [-0.3, -0.25) is 5.32 Å². The first-order valence-corrected chi connectivity index (χ1v) is 10.2. The van der Waals surface area contributed by atoms with E-state index in [9.17, 15) is 0 Å². The van der Waals surface area contributed by atoms with Crippen molar-refractivity contribution in [3.63, 3.8) is 0 Å². The second kappa shape index (κ2) is 7.41. The fourth-order valence-corrected chi connectivity index (χ4v) is 4.08. The lowest BCUT2D eigenvalue weighted by Crippen LogP contribution is -2.12. The minimum Gasteiger partial charge on any atom is -0.293 e. The molecule has 2 heterocycles. The molecule has 5 rings (SSSR count). The molecular formula is C23H20ClN5. The molecule has 0 atom stereocenters. The third-order valence-corrected chi connectivity index (χ3v) is 5.55. The average molecular weight is 402 g/mol. The summed E-state index contributed by atoms with van der Waals surface area (Å²) >= 11 is 6.24. The largest absolute Gasteiger partial charge is 0.293 e. The van der Waals surface area contributed by atoms with E-state index in [1.807, 2.05) is 48.5 Å². The third kappa shape index (κ3) is 3.54. The highest BCUT2D eigenvalue weighted by atomic mass is 35.5. The molecule has 0 saturated carbocycles. The van der Waals surface area contributed by atoms with E-state index in [0.29, 0.717) is 16.9 Å². The maximum Gasteiger partial charge on any atom is 0.230 e. The van der Waals surface area contributed by atoms with Crippen LogP contribution in [0.4, 0.5) is 11.9 Å². The van der Waals surface area contributed by atoms with E-state index in [0.717, 1.165) is 46.4 Å². The molecule has 0 bridgehead atoms. The second-order valence-corrected chi connectivity index (χ2v) is 7.75. The Morgan fingerprint density at radius 3 is 2.52 bits per heavy atom. The third-order valence-electron chi connectivity index (χ3n) is 5.32. The van der Waals surface area contributed by atoms with Crippen molar-refractivity contribution in [3.8, 4) is 11.3 Å². The summed E-state index contributed by atoms with van der Waals surface area (Å²) in [6.45, 7) is 2.05. The smallest absolute Gasteiger partial charge is 0.230 e. The molecule has 2 aromatic carbocycles. The van der Waals surface area contributed by atoms with E-state index in [4.69, 9.17) is 21.6 Å². The van der Waals surface area contributed by atoms with Crippen LogP contribution in [0.1, 0.15) is 29.8 Å². The number of rotatable bonds is 3. The summed E-state index contributed by atoms with van der Waals surface area (Å²) in [6.07, 6.45) is 4.45. The van der Waals surface area contributed by atoms with Gasteiger partial charge in [0.1, 0.15) is 0 Å². The van der Waals surface area contributed by atoms with E-state index in [2.05, 4.69) is 22.2 Å². The fraction of sp³-hybridized carbons (Fsp3) is 0.217. The Morgan fingerprint density at radius 1 is 0.862 bits per heavy atom. The number of benzene rings is 2. The summed E-state index contributed by atoms with van der Waals surface area (Å²) in [5.41, 5.74) is 6.12. The van der Waals surface area contributed by atoms with Crippen molar-refractivity contribution in [1.29, 1.82) is 0 Å². The summed E-state index contributed by atoms with van der Waals surface area (Å²) in [6, 6.07) is 15.7. The first-order chi connectivity index (χ1) is 14.2. The molecule has 29 heavy (non-hydrogen) atoms. The van der Waals surface area contributed by atoms with Crippen LogP contribution in [0.3, 0.4) is 0 Å². The van der Waals surface area contributed by atoms with Gasteiger partial charge in [0.05, 0.1) is 11.2 Å². The number of nitrogens with one attached hydrogen (secondary N) is 1. The molecule has 0 saturated heterocycles. The summed E-state index contributed by atoms with van der Waals surface area (Å²) in [5.74, 6) is 1.03. The van der Waals surface area contributed by atoms with Crippen LogP contribution in [0.15, 0.2) is 48.5 Å². The zero-order chi connectivity index (χ0) is 19.8. The summed E-state index contributed by atoms with van der Waals surface area (Å²) in [5, 5.41) is 4.81. The molecule has 2 aromatic heterocycles. The lowest BCUT2D eigenvalue weighted by molar-refractivity contribution is 0.658. The number of fused-ring (bicyclic) bond motifs is 2. The molecule has 1 aliphatic carbocycles. The molecule has 144 valence electrons. The van der Waals surface area contributed by atoms with Crippen LogP contribution in [-0.4, -0.2) is 19.9 Å². The van der Waals surface area contributed by atoms with Crippen LogP contribution in [0, 0.1) is 6.92 Å². The maximum absolute atomic E-state index is 6.24. The van der Waals surface area contributed by atoms with Gasteiger partial charge in [-0.1, -0.05) is 41.9 Å². The molecule has 0 unspecified atom stereocenters. The van der Waals surface area contributed by atoms with Gasteiger partial charge in [-0.25, -0.2) is 19.9 Å². The van der Waals surface area contributed by atoms with Gasteiger partial charge in [-0.2, -0.15) is 0 Å². The van der Waals surface area contributed by atoms with E-state index in [1.165, 1.54) is 18.4 Å². The van der Waals surface area contributed by atoms with E-state index >= 15 is 0 Å². The normalized spacial score (nSPS) is 13.3. The number of aromatic nitrogens is 4. The van der Waals surface area contributed by atoms with Crippen LogP contribution in [0.5, 0.6) is 0 Å². The maximum atomic E-state index is 6.24. The Bertz CT molecular complexity index is 1210. The van der Waals surface area contributed by atoms with Crippen LogP contribution < -0.4 is 5.32 Å². The minimum atomic E-state index is 0.480. The molecule has 0 fully saturated rings. The molecule has 1 aliphatic rings. The number of halogens is 1. The van der Waals surface area contributed by atoms with Crippen molar-refractivity contribution < 1.29 is 0 Å². The number of nitrogens with zero attached hydrogens (tertiary/aromatic N) is 4. The van der Waals surface area contributed by atoms with Gasteiger partial charge in [0.25, 0.3) is 0 Å². The highest BCUT2D eigenvalue weighted by Crippen LogP contribution is 2.30. The highest BCUT2D eigenvalue weighted by Gasteiger charge is 2.17.